The van der Waals surface area contributed by atoms with Gasteiger partial charge < -0.3 is 49.7 Å². The number of imidazole rings is 2. The van der Waals surface area contributed by atoms with Crippen molar-refractivity contribution in [1.29, 1.82) is 0 Å². The molecule has 4 saturated heterocycles. The van der Waals surface area contributed by atoms with Gasteiger partial charge in [0.05, 0.1) is 60.5 Å². The van der Waals surface area contributed by atoms with E-state index >= 15 is 0 Å². The minimum atomic E-state index is -0.704. The number of nitrogens with zero attached hydrogens (tertiary/aromatic N) is 6. The van der Waals surface area contributed by atoms with Crippen LogP contribution >= 0.6 is 0 Å². The van der Waals surface area contributed by atoms with Gasteiger partial charge in [-0.1, -0.05) is 58.4 Å². The molecule has 4 N–H and O–H groups in total. The fourth-order valence-electron chi connectivity index (χ4n) is 11.6. The molecule has 0 saturated carbocycles. The van der Waals surface area contributed by atoms with Gasteiger partial charge >= 0.3 is 12.2 Å². The average Bonchev–Trinajstić information content (AvgIpc) is 4.23. The number of aromatic amines is 2. The topological polar surface area (TPSA) is 181 Å². The predicted octanol–water partition coefficient (Wildman–Crippen LogP) is 9.03. The number of nitrogens with one attached hydrogen (secondary N) is 4. The van der Waals surface area contributed by atoms with Crippen LogP contribution in [0.15, 0.2) is 60.7 Å². The Bertz CT molecular complexity index is 2490. The highest BCUT2D eigenvalue weighted by molar-refractivity contribution is 5.87. The Morgan fingerprint density at radius 3 is 1.56 bits per heavy atom. The van der Waals surface area contributed by atoms with E-state index in [0.29, 0.717) is 13.1 Å². The van der Waals surface area contributed by atoms with E-state index in [1.807, 2.05) is 37.5 Å². The summed E-state index contributed by atoms with van der Waals surface area (Å²) in [7, 11) is 2.62. The summed E-state index contributed by atoms with van der Waals surface area (Å²) in [6.07, 6.45) is 10.0. The second-order valence-electron chi connectivity index (χ2n) is 20.6. The van der Waals surface area contributed by atoms with Gasteiger partial charge in [0, 0.05) is 18.8 Å². The fourth-order valence-corrected chi connectivity index (χ4v) is 11.6. The van der Waals surface area contributed by atoms with Gasteiger partial charge in [0.25, 0.3) is 0 Å². The smallest absolute Gasteiger partial charge is 0.407 e. The summed E-state index contributed by atoms with van der Waals surface area (Å²) in [4.78, 5) is 78.6. The first-order chi connectivity index (χ1) is 33.9. The molecule has 70 heavy (non-hydrogen) atoms. The van der Waals surface area contributed by atoms with Crippen LogP contribution in [0.25, 0.3) is 22.1 Å². The van der Waals surface area contributed by atoms with Crippen molar-refractivity contribution in [2.24, 2.45) is 11.8 Å². The van der Waals surface area contributed by atoms with Crippen LogP contribution in [0.2, 0.25) is 0 Å². The van der Waals surface area contributed by atoms with Gasteiger partial charge in [-0.2, -0.15) is 0 Å². The molecule has 16 nitrogen and oxygen atoms in total. The molecule has 4 aliphatic heterocycles. The highest BCUT2D eigenvalue weighted by Gasteiger charge is 2.40. The number of alkyl carbamates (subject to hydrolysis) is 2. The number of methoxy groups -OCH3 is 2. The van der Waals surface area contributed by atoms with Crippen LogP contribution in [-0.2, 0) is 25.5 Å². The van der Waals surface area contributed by atoms with E-state index < -0.39 is 24.3 Å². The molecule has 9 rings (SSSR count). The number of amides is 4. The second kappa shape index (κ2) is 21.5. The number of benzene rings is 3. The molecule has 0 spiro atoms. The van der Waals surface area contributed by atoms with E-state index in [-0.39, 0.29) is 47.8 Å². The van der Waals surface area contributed by atoms with E-state index in [1.54, 1.807) is 0 Å². The Morgan fingerprint density at radius 1 is 0.614 bits per heavy atom. The summed E-state index contributed by atoms with van der Waals surface area (Å²) in [5, 5.41) is 5.51. The van der Waals surface area contributed by atoms with Gasteiger partial charge in [-0.3, -0.25) is 9.59 Å². The average molecular weight is 957 g/mol. The zero-order valence-corrected chi connectivity index (χ0v) is 41.8. The quantitative estimate of drug-likeness (QED) is 0.0791. The molecule has 3 aromatic carbocycles. The third-order valence-electron chi connectivity index (χ3n) is 15.3. The van der Waals surface area contributed by atoms with Gasteiger partial charge in [0.2, 0.25) is 11.8 Å². The summed E-state index contributed by atoms with van der Waals surface area (Å²) in [5.74, 6) is 1.01. The molecule has 5 aromatic rings. The number of aryl methyl sites for hydroxylation is 1. The van der Waals surface area contributed by atoms with Crippen LogP contribution in [0, 0.1) is 11.8 Å². The van der Waals surface area contributed by atoms with Crippen molar-refractivity contribution in [2.45, 2.75) is 135 Å². The minimum absolute atomic E-state index is 0.0745. The van der Waals surface area contributed by atoms with Crippen molar-refractivity contribution in [3.8, 4) is 0 Å². The summed E-state index contributed by atoms with van der Waals surface area (Å²) in [6, 6.07) is 20.6. The van der Waals surface area contributed by atoms with Gasteiger partial charge in [0.15, 0.2) is 0 Å². The number of ether oxygens (including phenoxy) is 2. The molecule has 16 heteroatoms. The van der Waals surface area contributed by atoms with Crippen molar-refractivity contribution in [3.05, 3.63) is 89.0 Å². The Kier molecular flexibility index (Phi) is 15.0. The van der Waals surface area contributed by atoms with Gasteiger partial charge in [-0.05, 0) is 149 Å². The lowest BCUT2D eigenvalue weighted by atomic mass is 10.0. The van der Waals surface area contributed by atoms with Crippen molar-refractivity contribution in [2.75, 3.05) is 51.8 Å². The predicted molar refractivity (Wildman–Crippen MR) is 270 cm³/mol. The fraction of sp³-hybridized carbons (Fsp3) is 0.556. The Morgan fingerprint density at radius 2 is 1.10 bits per heavy atom. The van der Waals surface area contributed by atoms with E-state index in [2.05, 4.69) is 91.1 Å². The largest absolute Gasteiger partial charge is 0.453 e. The van der Waals surface area contributed by atoms with Crippen LogP contribution < -0.4 is 15.5 Å². The second-order valence-corrected chi connectivity index (χ2v) is 20.6. The van der Waals surface area contributed by atoms with Crippen molar-refractivity contribution in [1.82, 2.24) is 45.3 Å². The maximum atomic E-state index is 13.9. The maximum Gasteiger partial charge on any atom is 0.407 e. The molecule has 0 radical (unpaired) electrons. The number of H-pyrrole nitrogens is 2. The molecule has 6 atom stereocenters. The van der Waals surface area contributed by atoms with E-state index in [9.17, 15) is 19.2 Å². The molecule has 0 aliphatic carbocycles. The third kappa shape index (κ3) is 10.3. The number of aromatic nitrogens is 4. The molecule has 0 bridgehead atoms. The van der Waals surface area contributed by atoms with E-state index in [4.69, 9.17) is 19.4 Å². The number of anilines is 1. The Balaban J connectivity index is 0.989. The zero-order chi connectivity index (χ0) is 49.1. The first-order valence-corrected chi connectivity index (χ1v) is 25.8. The van der Waals surface area contributed by atoms with E-state index in [0.717, 1.165) is 91.6 Å². The molecule has 2 aromatic heterocycles. The van der Waals surface area contributed by atoms with Crippen LogP contribution in [-0.4, -0.2) is 118 Å². The first kappa shape index (κ1) is 48.8. The minimum Gasteiger partial charge on any atom is -0.453 e. The van der Waals surface area contributed by atoms with Gasteiger partial charge in [0.1, 0.15) is 23.7 Å². The number of hydrogen-bond donors (Lipinski definition) is 4. The molecule has 4 amide bonds. The normalized spacial score (nSPS) is 21.8. The highest BCUT2D eigenvalue weighted by Crippen LogP contribution is 2.48. The van der Waals surface area contributed by atoms with Crippen LogP contribution in [0.1, 0.15) is 144 Å². The lowest BCUT2D eigenvalue weighted by molar-refractivity contribution is -0.136. The summed E-state index contributed by atoms with van der Waals surface area (Å²) >= 11 is 0. The van der Waals surface area contributed by atoms with Gasteiger partial charge in [-0.15, -0.1) is 0 Å². The SMILES string of the molecule is COC(=O)N[C@H](C(=O)N1CCCC1c1nc2ccc([C@H]3CC[C@H](c4ccc5nc(C6CCCN6C(=O)[C@@H](NC(=O)OC)C(C)C)[nH]c5c4)N3c3ccc(CCCN4CCCCC4)cc3)cc2[nH]1)C(C)C. The Labute approximate surface area is 411 Å². The number of likely N-dealkylation sites (tertiary alicyclic amines) is 3. The summed E-state index contributed by atoms with van der Waals surface area (Å²) in [6.45, 7) is 12.5. The molecular formula is C54H72N10O6. The Hall–Kier alpha value is -6.16. The lowest BCUT2D eigenvalue weighted by Gasteiger charge is -2.33. The maximum absolute atomic E-state index is 13.9. The lowest BCUT2D eigenvalue weighted by Crippen LogP contribution is -2.51. The monoisotopic (exact) mass is 957 g/mol. The number of hydrogen-bond acceptors (Lipinski definition) is 10. The molecule has 2 unspecified atom stereocenters. The number of rotatable bonds is 15. The summed E-state index contributed by atoms with van der Waals surface area (Å²) in [5.41, 5.74) is 8.46. The molecular weight excluding hydrogens is 885 g/mol. The first-order valence-electron chi connectivity index (χ1n) is 25.8. The highest BCUT2D eigenvalue weighted by atomic mass is 16.5. The standard InChI is InChI=1S/C54H72N10O6/c1-33(2)47(59-53(67)69-5)51(65)62-29-11-14-45(62)49-55-39-22-18-36(31-41(39)57-49)43-24-25-44(64(43)38-20-16-35(17-21-38)13-10-28-61-26-8-7-9-27-61)37-19-23-40-42(32-37)58-50(56-40)46-15-12-30-63(46)52(66)48(34(3)4)60-54(68)70-6/h16-23,31-34,43-48H,7-15,24-30H2,1-6H3,(H,55,57)(H,56,58)(H,59,67)(H,60,68)/t43-,44-,45?,46?,47+,48+/m1/s1. The number of carbonyl (C=O) groups excluding carboxylic acids is 4. The van der Waals surface area contributed by atoms with Crippen molar-refractivity contribution in [3.63, 3.8) is 0 Å². The zero-order valence-electron chi connectivity index (χ0n) is 41.8. The van der Waals surface area contributed by atoms with Crippen molar-refractivity contribution >= 4 is 51.8 Å². The number of piperidine rings is 1. The number of fused-ring (bicyclic) bond motifs is 2. The van der Waals surface area contributed by atoms with Crippen LogP contribution in [0.4, 0.5) is 15.3 Å². The molecule has 6 heterocycles. The molecule has 4 fully saturated rings. The molecule has 374 valence electrons. The molecule has 4 aliphatic rings. The van der Waals surface area contributed by atoms with E-state index in [1.165, 1.54) is 68.9 Å². The van der Waals surface area contributed by atoms with Gasteiger partial charge in [-0.25, -0.2) is 19.6 Å². The third-order valence-corrected chi connectivity index (χ3v) is 15.3. The van der Waals surface area contributed by atoms with Crippen LogP contribution in [0.3, 0.4) is 0 Å². The van der Waals surface area contributed by atoms with Crippen LogP contribution in [0.5, 0.6) is 0 Å². The van der Waals surface area contributed by atoms with Crippen molar-refractivity contribution < 1.29 is 28.7 Å². The number of carbonyl (C=O) groups is 4. The summed E-state index contributed by atoms with van der Waals surface area (Å²) < 4.78 is 9.70.